The van der Waals surface area contributed by atoms with E-state index in [2.05, 4.69) is 4.74 Å². The zero-order valence-corrected chi connectivity index (χ0v) is 8.28. The molecule has 1 aliphatic heterocycles. The second kappa shape index (κ2) is 4.29. The van der Waals surface area contributed by atoms with E-state index in [1.807, 2.05) is 0 Å². The summed E-state index contributed by atoms with van der Waals surface area (Å²) in [7, 11) is -4.76. The first-order chi connectivity index (χ1) is 6.79. The second-order valence-electron chi connectivity index (χ2n) is 3.21. The Kier molecular flexibility index (Phi) is 3.66. The van der Waals surface area contributed by atoms with Gasteiger partial charge in [0.25, 0.3) is 10.1 Å². The van der Waals surface area contributed by atoms with Crippen LogP contribution in [0.4, 0.5) is 0 Å². The summed E-state index contributed by atoms with van der Waals surface area (Å²) in [6.07, 6.45) is -6.94. The molecule has 0 aromatic carbocycles. The quantitative estimate of drug-likeness (QED) is 0.317. The summed E-state index contributed by atoms with van der Waals surface area (Å²) >= 11 is 0. The highest BCUT2D eigenvalue weighted by atomic mass is 32.2. The highest BCUT2D eigenvalue weighted by Crippen LogP contribution is 2.24. The molecule has 0 aliphatic carbocycles. The van der Waals surface area contributed by atoms with Gasteiger partial charge in [-0.15, -0.1) is 0 Å². The monoisotopic (exact) mass is 244 g/mol. The van der Waals surface area contributed by atoms with Crippen LogP contribution in [-0.4, -0.2) is 69.9 Å². The third kappa shape index (κ3) is 2.45. The Labute approximate surface area is 85.5 Å². The summed E-state index contributed by atoms with van der Waals surface area (Å²) in [4.78, 5) is 0. The van der Waals surface area contributed by atoms with Crippen molar-refractivity contribution in [3.05, 3.63) is 0 Å². The van der Waals surface area contributed by atoms with E-state index in [-0.39, 0.29) is 0 Å². The second-order valence-corrected chi connectivity index (χ2v) is 4.78. The molecule has 90 valence electrons. The predicted molar refractivity (Wildman–Crippen MR) is 45.3 cm³/mol. The number of ether oxygens (including phenoxy) is 1. The normalized spacial score (nSPS) is 42.9. The van der Waals surface area contributed by atoms with Crippen LogP contribution in [0.25, 0.3) is 0 Å². The Morgan fingerprint density at radius 3 is 2.07 bits per heavy atom. The van der Waals surface area contributed by atoms with Crippen LogP contribution in [0.5, 0.6) is 0 Å². The molecule has 0 unspecified atom stereocenters. The van der Waals surface area contributed by atoms with Gasteiger partial charge in [0.15, 0.2) is 11.5 Å². The molecule has 5 N–H and O–H groups in total. The Morgan fingerprint density at radius 2 is 1.67 bits per heavy atom. The Hall–Kier alpha value is -0.290. The molecule has 1 aliphatic rings. The summed E-state index contributed by atoms with van der Waals surface area (Å²) in [6.45, 7) is -0.701. The van der Waals surface area contributed by atoms with Crippen molar-refractivity contribution < 1.29 is 38.1 Å². The van der Waals surface area contributed by atoms with Crippen LogP contribution in [0.15, 0.2) is 0 Å². The summed E-state index contributed by atoms with van der Waals surface area (Å²) in [5.74, 6) is 0. The van der Waals surface area contributed by atoms with Crippen molar-refractivity contribution in [1.82, 2.24) is 0 Å². The zero-order valence-electron chi connectivity index (χ0n) is 7.46. The highest BCUT2D eigenvalue weighted by molar-refractivity contribution is 7.86. The van der Waals surface area contributed by atoms with Crippen LogP contribution in [0, 0.1) is 0 Å². The molecule has 5 atom stereocenters. The summed E-state index contributed by atoms with van der Waals surface area (Å²) in [6, 6.07) is 0. The Balaban J connectivity index is 2.94. The standard InChI is InChI=1S/C6H12O8S/c7-1-2-3(8)4(9)5(6(10)14-2)15(11,12)13/h2-10H,1H2,(H,11,12,13)/t2-,3-,4+,5+,6+/m1/s1. The number of aliphatic hydroxyl groups excluding tert-OH is 4. The Bertz CT molecular complexity index is 313. The molecule has 1 rings (SSSR count). The van der Waals surface area contributed by atoms with Crippen molar-refractivity contribution >= 4 is 10.1 Å². The van der Waals surface area contributed by atoms with E-state index in [0.717, 1.165) is 0 Å². The molecule has 9 heteroatoms. The maximum Gasteiger partial charge on any atom is 0.275 e. The van der Waals surface area contributed by atoms with Crippen LogP contribution < -0.4 is 0 Å². The molecule has 1 heterocycles. The summed E-state index contributed by atoms with van der Waals surface area (Å²) < 4.78 is 34.6. The molecule has 15 heavy (non-hydrogen) atoms. The lowest BCUT2D eigenvalue weighted by Gasteiger charge is -2.38. The third-order valence-electron chi connectivity index (χ3n) is 2.19. The van der Waals surface area contributed by atoms with Crippen molar-refractivity contribution in [2.75, 3.05) is 6.61 Å². The smallest absolute Gasteiger partial charge is 0.275 e. The number of hydrogen-bond acceptors (Lipinski definition) is 7. The molecule has 0 saturated carbocycles. The van der Waals surface area contributed by atoms with Gasteiger partial charge in [-0.3, -0.25) is 4.55 Å². The van der Waals surface area contributed by atoms with Crippen LogP contribution in [0.3, 0.4) is 0 Å². The molecule has 0 bridgehead atoms. The van der Waals surface area contributed by atoms with Gasteiger partial charge in [0.1, 0.15) is 18.3 Å². The molecule has 8 nitrogen and oxygen atoms in total. The van der Waals surface area contributed by atoms with Gasteiger partial charge in [-0.1, -0.05) is 0 Å². The van der Waals surface area contributed by atoms with Crippen LogP contribution in [-0.2, 0) is 14.9 Å². The van der Waals surface area contributed by atoms with E-state index < -0.39 is 46.6 Å². The van der Waals surface area contributed by atoms with Gasteiger partial charge in [0.2, 0.25) is 0 Å². The van der Waals surface area contributed by atoms with Gasteiger partial charge in [-0.05, 0) is 0 Å². The first-order valence-corrected chi connectivity index (χ1v) is 5.56. The van der Waals surface area contributed by atoms with E-state index in [1.54, 1.807) is 0 Å². The van der Waals surface area contributed by atoms with Crippen LogP contribution >= 0.6 is 0 Å². The largest absolute Gasteiger partial charge is 0.394 e. The van der Waals surface area contributed by atoms with E-state index in [9.17, 15) is 18.6 Å². The third-order valence-corrected chi connectivity index (χ3v) is 3.39. The SMILES string of the molecule is O=S(=O)(O)[C@H]1[C@@H](O)[C@H](O)[C@@H](CO)O[C@@H]1O. The molecular formula is C6H12O8S. The molecule has 0 amide bonds. The van der Waals surface area contributed by atoms with E-state index >= 15 is 0 Å². The topological polar surface area (TPSA) is 145 Å². The van der Waals surface area contributed by atoms with Crippen molar-refractivity contribution in [3.63, 3.8) is 0 Å². The van der Waals surface area contributed by atoms with Gasteiger partial charge in [0, 0.05) is 0 Å². The molecular weight excluding hydrogens is 232 g/mol. The molecule has 1 saturated heterocycles. The summed E-state index contributed by atoms with van der Waals surface area (Å²) in [5, 5.41) is 34.3. The van der Waals surface area contributed by atoms with Crippen LogP contribution in [0.1, 0.15) is 0 Å². The minimum atomic E-state index is -4.76. The molecule has 0 aromatic rings. The maximum absolute atomic E-state index is 10.7. The van der Waals surface area contributed by atoms with Crippen molar-refractivity contribution in [2.45, 2.75) is 29.9 Å². The average molecular weight is 244 g/mol. The molecule has 0 radical (unpaired) electrons. The minimum absolute atomic E-state index is 0.701. The van der Waals surface area contributed by atoms with Gasteiger partial charge in [0.05, 0.1) is 6.61 Å². The lowest BCUT2D eigenvalue weighted by atomic mass is 10.0. The number of hydrogen-bond donors (Lipinski definition) is 5. The fraction of sp³-hybridized carbons (Fsp3) is 1.00. The lowest BCUT2D eigenvalue weighted by Crippen LogP contribution is -2.60. The summed E-state index contributed by atoms with van der Waals surface area (Å²) in [5.41, 5.74) is 0. The van der Waals surface area contributed by atoms with Gasteiger partial charge >= 0.3 is 0 Å². The van der Waals surface area contributed by atoms with Crippen molar-refractivity contribution in [1.29, 1.82) is 0 Å². The first-order valence-electron chi connectivity index (χ1n) is 4.06. The number of aliphatic hydroxyl groups is 4. The fourth-order valence-corrected chi connectivity index (χ4v) is 2.27. The van der Waals surface area contributed by atoms with E-state index in [4.69, 9.17) is 14.8 Å². The fourth-order valence-electron chi connectivity index (χ4n) is 1.39. The maximum atomic E-state index is 10.7. The molecule has 0 aromatic heterocycles. The van der Waals surface area contributed by atoms with E-state index in [1.165, 1.54) is 0 Å². The zero-order chi connectivity index (χ0) is 11.8. The minimum Gasteiger partial charge on any atom is -0.394 e. The van der Waals surface area contributed by atoms with E-state index in [0.29, 0.717) is 0 Å². The molecule has 0 spiro atoms. The highest BCUT2D eigenvalue weighted by Gasteiger charge is 2.49. The van der Waals surface area contributed by atoms with Crippen LogP contribution in [0.2, 0.25) is 0 Å². The first kappa shape index (κ1) is 12.8. The Morgan fingerprint density at radius 1 is 1.13 bits per heavy atom. The average Bonchev–Trinajstić information content (AvgIpc) is 2.09. The molecule has 1 fully saturated rings. The van der Waals surface area contributed by atoms with Gasteiger partial charge in [-0.2, -0.15) is 8.42 Å². The van der Waals surface area contributed by atoms with Gasteiger partial charge in [-0.25, -0.2) is 0 Å². The lowest BCUT2D eigenvalue weighted by molar-refractivity contribution is -0.236. The number of rotatable bonds is 2. The van der Waals surface area contributed by atoms with Crippen molar-refractivity contribution in [3.8, 4) is 0 Å². The predicted octanol–water partition coefficient (Wildman–Crippen LogP) is -3.33. The van der Waals surface area contributed by atoms with Crippen molar-refractivity contribution in [2.24, 2.45) is 0 Å². The van der Waals surface area contributed by atoms with Gasteiger partial charge < -0.3 is 25.2 Å².